The largest absolute Gasteiger partial charge is 0.352 e. The van der Waals surface area contributed by atoms with Gasteiger partial charge in [-0.25, -0.2) is 4.98 Å². The quantitative estimate of drug-likeness (QED) is 0.848. The summed E-state index contributed by atoms with van der Waals surface area (Å²) in [5, 5.41) is 5.71. The third kappa shape index (κ3) is 4.31. The predicted octanol–water partition coefficient (Wildman–Crippen LogP) is 2.04. The Hall–Kier alpha value is -1.95. The van der Waals surface area contributed by atoms with Crippen molar-refractivity contribution in [2.75, 3.05) is 25.0 Å². The van der Waals surface area contributed by atoms with Crippen molar-refractivity contribution in [3.05, 3.63) is 41.7 Å². The van der Waals surface area contributed by atoms with Crippen LogP contribution in [-0.4, -0.2) is 40.4 Å². The number of carbonyl (C=O) groups is 1. The molecule has 1 amide bonds. The monoisotopic (exact) mass is 290 g/mol. The fraction of sp³-hybridized carbons (Fsp3) is 0.357. The van der Waals surface area contributed by atoms with E-state index in [1.165, 1.54) is 16.9 Å². The van der Waals surface area contributed by atoms with Gasteiger partial charge in [-0.05, 0) is 31.0 Å². The fourth-order valence-corrected chi connectivity index (χ4v) is 2.37. The Kier molecular flexibility index (Phi) is 5.49. The smallest absolute Gasteiger partial charge is 0.241 e. The Bertz CT molecular complexity index is 515. The molecular formula is C14H18N4OS. The lowest BCUT2D eigenvalue weighted by Gasteiger charge is -2.21. The van der Waals surface area contributed by atoms with Gasteiger partial charge in [-0.2, -0.15) is 0 Å². The highest BCUT2D eigenvalue weighted by Crippen LogP contribution is 2.09. The molecule has 0 aliphatic rings. The van der Waals surface area contributed by atoms with Crippen LogP contribution in [0, 0.1) is 0 Å². The van der Waals surface area contributed by atoms with Gasteiger partial charge in [0.2, 0.25) is 5.91 Å². The van der Waals surface area contributed by atoms with Crippen molar-refractivity contribution in [1.29, 1.82) is 0 Å². The molecule has 2 aromatic heterocycles. The summed E-state index contributed by atoms with van der Waals surface area (Å²) in [5.41, 5.74) is 1.19. The molecule has 0 aliphatic heterocycles. The summed E-state index contributed by atoms with van der Waals surface area (Å²) in [6.07, 6.45) is 6.12. The summed E-state index contributed by atoms with van der Waals surface area (Å²) >= 11 is 1.49. The maximum absolute atomic E-state index is 12.1. The van der Waals surface area contributed by atoms with Crippen LogP contribution in [0.25, 0.3) is 0 Å². The molecule has 2 heterocycles. The lowest BCUT2D eigenvalue weighted by atomic mass is 10.2. The Morgan fingerprint density at radius 1 is 1.35 bits per heavy atom. The number of hydrogen-bond acceptors (Lipinski definition) is 5. The molecule has 0 fully saturated rings. The molecule has 20 heavy (non-hydrogen) atoms. The van der Waals surface area contributed by atoms with E-state index in [0.29, 0.717) is 6.54 Å². The van der Waals surface area contributed by atoms with Crippen LogP contribution in [0.2, 0.25) is 0 Å². The molecule has 0 bridgehead atoms. The molecule has 0 radical (unpaired) electrons. The van der Waals surface area contributed by atoms with E-state index in [2.05, 4.69) is 15.3 Å². The molecular weight excluding hydrogens is 272 g/mol. The highest BCUT2D eigenvalue weighted by molar-refractivity contribution is 7.13. The number of carbonyl (C=O) groups excluding carboxylic acids is 1. The second-order valence-corrected chi connectivity index (χ2v) is 5.16. The van der Waals surface area contributed by atoms with Gasteiger partial charge in [0.15, 0.2) is 5.13 Å². The van der Waals surface area contributed by atoms with E-state index < -0.39 is 0 Å². The first-order valence-corrected chi connectivity index (χ1v) is 7.47. The van der Waals surface area contributed by atoms with Crippen LogP contribution in [-0.2, 0) is 11.2 Å². The van der Waals surface area contributed by atoms with E-state index in [0.717, 1.165) is 18.1 Å². The van der Waals surface area contributed by atoms with E-state index in [1.807, 2.05) is 29.3 Å². The average molecular weight is 290 g/mol. The number of anilines is 1. The van der Waals surface area contributed by atoms with Crippen LogP contribution in [0.15, 0.2) is 36.1 Å². The zero-order valence-corrected chi connectivity index (χ0v) is 12.3. The normalized spacial score (nSPS) is 10.2. The number of nitrogens with zero attached hydrogens (tertiary/aromatic N) is 3. The highest BCUT2D eigenvalue weighted by atomic mass is 32.1. The van der Waals surface area contributed by atoms with Crippen molar-refractivity contribution < 1.29 is 4.79 Å². The maximum atomic E-state index is 12.1. The Labute approximate surface area is 122 Å². The third-order valence-corrected chi connectivity index (χ3v) is 3.71. The molecule has 2 rings (SSSR count). The van der Waals surface area contributed by atoms with E-state index in [-0.39, 0.29) is 12.5 Å². The second-order valence-electron chi connectivity index (χ2n) is 4.27. The number of aromatic nitrogens is 2. The first-order chi connectivity index (χ1) is 9.79. The number of rotatable bonds is 7. The van der Waals surface area contributed by atoms with Crippen LogP contribution < -0.4 is 5.32 Å². The van der Waals surface area contributed by atoms with Crippen LogP contribution >= 0.6 is 11.3 Å². The molecule has 106 valence electrons. The first-order valence-electron chi connectivity index (χ1n) is 6.59. The van der Waals surface area contributed by atoms with Gasteiger partial charge in [0.05, 0.1) is 6.54 Å². The SMILES string of the molecule is CCN(CCc1ccncc1)C(=O)CNc1nccs1. The standard InChI is InChI=1S/C14H18N4OS/c1-2-18(9-5-12-3-6-15-7-4-12)13(19)11-17-14-16-8-10-20-14/h3-4,6-8,10H,2,5,9,11H2,1H3,(H,16,17). The van der Waals surface area contributed by atoms with Gasteiger partial charge in [-0.15, -0.1) is 11.3 Å². The van der Waals surface area contributed by atoms with Gasteiger partial charge >= 0.3 is 0 Å². The van der Waals surface area contributed by atoms with E-state index in [1.54, 1.807) is 18.6 Å². The fourth-order valence-electron chi connectivity index (χ4n) is 1.85. The molecule has 1 N–H and O–H groups in total. The van der Waals surface area contributed by atoms with Gasteiger partial charge in [0.1, 0.15) is 0 Å². The molecule has 0 aromatic carbocycles. The minimum absolute atomic E-state index is 0.0942. The van der Waals surface area contributed by atoms with E-state index in [4.69, 9.17) is 0 Å². The molecule has 0 aliphatic carbocycles. The zero-order valence-electron chi connectivity index (χ0n) is 11.5. The Morgan fingerprint density at radius 3 is 2.80 bits per heavy atom. The maximum Gasteiger partial charge on any atom is 0.241 e. The molecule has 0 saturated carbocycles. The van der Waals surface area contributed by atoms with Crippen molar-refractivity contribution in [1.82, 2.24) is 14.9 Å². The summed E-state index contributed by atoms with van der Waals surface area (Å²) in [6, 6.07) is 3.96. The second kappa shape index (κ2) is 7.59. The van der Waals surface area contributed by atoms with Crippen molar-refractivity contribution in [3.8, 4) is 0 Å². The van der Waals surface area contributed by atoms with Crippen LogP contribution in [0.3, 0.4) is 0 Å². The van der Waals surface area contributed by atoms with Gasteiger partial charge < -0.3 is 10.2 Å². The third-order valence-electron chi connectivity index (χ3n) is 2.98. The van der Waals surface area contributed by atoms with E-state index >= 15 is 0 Å². The summed E-state index contributed by atoms with van der Waals surface area (Å²) in [5.74, 6) is 0.0942. The Balaban J connectivity index is 1.80. The number of hydrogen-bond donors (Lipinski definition) is 1. The summed E-state index contributed by atoms with van der Waals surface area (Å²) in [7, 11) is 0. The molecule has 6 heteroatoms. The lowest BCUT2D eigenvalue weighted by Crippen LogP contribution is -2.36. The minimum Gasteiger partial charge on any atom is -0.352 e. The molecule has 2 aromatic rings. The van der Waals surface area contributed by atoms with Gasteiger partial charge in [0.25, 0.3) is 0 Å². The summed E-state index contributed by atoms with van der Waals surface area (Å²) in [4.78, 5) is 22.1. The number of pyridine rings is 1. The van der Waals surface area contributed by atoms with Crippen molar-refractivity contribution in [3.63, 3.8) is 0 Å². The van der Waals surface area contributed by atoms with Crippen molar-refractivity contribution >= 4 is 22.4 Å². The van der Waals surface area contributed by atoms with Crippen LogP contribution in [0.5, 0.6) is 0 Å². The van der Waals surface area contributed by atoms with Gasteiger partial charge in [0, 0.05) is 37.1 Å². The summed E-state index contributed by atoms with van der Waals surface area (Å²) < 4.78 is 0. The van der Waals surface area contributed by atoms with Crippen molar-refractivity contribution in [2.24, 2.45) is 0 Å². The number of nitrogens with one attached hydrogen (secondary N) is 1. The topological polar surface area (TPSA) is 58.1 Å². The van der Waals surface area contributed by atoms with Crippen LogP contribution in [0.4, 0.5) is 5.13 Å². The number of likely N-dealkylation sites (N-methyl/N-ethyl adjacent to an activating group) is 1. The minimum atomic E-state index is 0.0942. The van der Waals surface area contributed by atoms with Crippen LogP contribution in [0.1, 0.15) is 12.5 Å². The number of thiazole rings is 1. The first kappa shape index (κ1) is 14.5. The molecule has 0 saturated heterocycles. The molecule has 5 nitrogen and oxygen atoms in total. The predicted molar refractivity (Wildman–Crippen MR) is 80.8 cm³/mol. The van der Waals surface area contributed by atoms with Crippen molar-refractivity contribution in [2.45, 2.75) is 13.3 Å². The summed E-state index contributed by atoms with van der Waals surface area (Å²) in [6.45, 7) is 3.72. The highest BCUT2D eigenvalue weighted by Gasteiger charge is 2.11. The zero-order chi connectivity index (χ0) is 14.2. The lowest BCUT2D eigenvalue weighted by molar-refractivity contribution is -0.129. The number of amides is 1. The Morgan fingerprint density at radius 2 is 2.15 bits per heavy atom. The van der Waals surface area contributed by atoms with E-state index in [9.17, 15) is 4.79 Å². The molecule has 0 atom stereocenters. The van der Waals surface area contributed by atoms with Gasteiger partial charge in [-0.3, -0.25) is 9.78 Å². The molecule has 0 unspecified atom stereocenters. The average Bonchev–Trinajstić information content (AvgIpc) is 3.00. The molecule has 0 spiro atoms. The van der Waals surface area contributed by atoms with Gasteiger partial charge in [-0.1, -0.05) is 0 Å².